The molecule has 3 unspecified atom stereocenters. The summed E-state index contributed by atoms with van der Waals surface area (Å²) < 4.78 is 15.9. The second-order valence-corrected chi connectivity index (χ2v) is 19.6. The van der Waals surface area contributed by atoms with Crippen molar-refractivity contribution in [3.8, 4) is 0 Å². The largest absolute Gasteiger partial charge is 0.480 e. The van der Waals surface area contributed by atoms with Crippen LogP contribution in [0.5, 0.6) is 0 Å². The molecule has 4 heterocycles. The van der Waals surface area contributed by atoms with Crippen LogP contribution in [0.25, 0.3) is 0 Å². The number of carboxylic acid groups (broad SMARTS) is 2. The molecule has 0 saturated carbocycles. The fraction of sp³-hybridized carbons (Fsp3) is 0.596. The van der Waals surface area contributed by atoms with Crippen LogP contribution in [0, 0.1) is 5.92 Å². The maximum atomic E-state index is 13.4. The minimum atomic E-state index is -1.89. The Morgan fingerprint density at radius 1 is 0.811 bits per heavy atom. The number of hydrogen-bond donors (Lipinski definition) is 6. The van der Waals surface area contributed by atoms with Crippen LogP contribution in [0.3, 0.4) is 0 Å². The van der Waals surface area contributed by atoms with Gasteiger partial charge in [0.25, 0.3) is 11.8 Å². The van der Waals surface area contributed by atoms with Gasteiger partial charge >= 0.3 is 36.3 Å². The number of aliphatic carboxylic acids is 2. The summed E-state index contributed by atoms with van der Waals surface area (Å²) >= 11 is 7.13. The van der Waals surface area contributed by atoms with E-state index in [9.17, 15) is 58.2 Å². The number of imide groups is 1. The van der Waals surface area contributed by atoms with Gasteiger partial charge in [0.1, 0.15) is 12.1 Å². The van der Waals surface area contributed by atoms with Gasteiger partial charge in [0.2, 0.25) is 17.7 Å². The smallest absolute Gasteiger partial charge is 0.412 e. The number of nitrogens with one attached hydrogen (secondary N) is 4. The Labute approximate surface area is 437 Å². The number of amides is 5. The number of likely N-dealkylation sites (N-methyl/N-ethyl adjacent to an activating group) is 2. The number of thioether (sulfide) groups is 1. The Bertz CT molecular complexity index is 2230. The van der Waals surface area contributed by atoms with E-state index in [2.05, 4.69) is 21.3 Å². The van der Waals surface area contributed by atoms with Crippen molar-refractivity contribution in [2.24, 2.45) is 5.92 Å². The standard InChI is InChI=1S/C47H66N10O15S2/c1-4-55-29-42(65)72-47-70-40(63)27-52(2)16-17-53(28-41(64)71-47)18-19-54(26-39(61)62)25-33(55)21-30-8-10-32(11-9-30)49-46(73)56-23-31(24-56)43(66)51-34(14-20-74-3)44(67)48-22-36(58)50-35(45(68)69)7-5-6-15-57-37(59)12-13-38(57)60/h8-13,31,33-35,47H,4-7,14-29H2,1-3H3,(H,48,67)(H,49,73)(H,50,58)(H,51,66)(H,61,62)(H,68,69)/t33?,34-,35-,47?/m0/s1. The molecule has 5 rings (SSSR count). The third-order valence-electron chi connectivity index (χ3n) is 12.6. The first-order valence-corrected chi connectivity index (χ1v) is 26.1. The molecule has 4 aliphatic heterocycles. The molecule has 0 aromatic heterocycles. The number of nitrogens with zero attached hydrogens (tertiary/aromatic N) is 6. The van der Waals surface area contributed by atoms with Crippen LogP contribution in [-0.2, 0) is 68.6 Å². The minimum Gasteiger partial charge on any atom is -0.480 e. The topological polar surface area (TPSA) is 306 Å². The quantitative estimate of drug-likeness (QED) is 0.0340. The average Bonchev–Trinajstić information content (AvgIpc) is 3.63. The number of likely N-dealkylation sites (tertiary alicyclic amines) is 1. The Morgan fingerprint density at radius 3 is 2.09 bits per heavy atom. The van der Waals surface area contributed by atoms with Crippen molar-refractivity contribution in [2.45, 2.75) is 63.6 Å². The number of carboxylic acids is 2. The maximum Gasteiger partial charge on any atom is 0.412 e. The number of esters is 3. The normalized spacial score (nSPS) is 21.6. The third-order valence-corrected chi connectivity index (χ3v) is 13.6. The molecule has 3 saturated heterocycles. The van der Waals surface area contributed by atoms with Crippen LogP contribution >= 0.6 is 24.0 Å². The number of hydrogen-bond acceptors (Lipinski definition) is 19. The summed E-state index contributed by atoms with van der Waals surface area (Å²) in [7, 11) is 1.70. The van der Waals surface area contributed by atoms with Crippen LogP contribution in [-0.4, -0.2) is 239 Å². The molecule has 0 radical (unpaired) electrons. The molecule has 6 N–H and O–H groups in total. The highest BCUT2D eigenvalue weighted by Gasteiger charge is 2.37. The summed E-state index contributed by atoms with van der Waals surface area (Å²) in [5.41, 5.74) is 1.51. The van der Waals surface area contributed by atoms with Gasteiger partial charge in [-0.05, 0) is 87.6 Å². The summed E-state index contributed by atoms with van der Waals surface area (Å²) in [6.45, 7) is 1.01. The van der Waals surface area contributed by atoms with Crippen molar-refractivity contribution >= 4 is 94.2 Å². The van der Waals surface area contributed by atoms with Crippen molar-refractivity contribution in [3.05, 3.63) is 42.0 Å². The molecule has 74 heavy (non-hydrogen) atoms. The molecule has 1 aromatic carbocycles. The Hall–Kier alpha value is -6.26. The van der Waals surface area contributed by atoms with E-state index in [-0.39, 0.29) is 77.7 Å². The first-order valence-electron chi connectivity index (χ1n) is 24.3. The third kappa shape index (κ3) is 18.9. The van der Waals surface area contributed by atoms with Crippen LogP contribution in [0.1, 0.15) is 38.2 Å². The number of fused-ring (bicyclic) bond motifs is 4. The van der Waals surface area contributed by atoms with Gasteiger partial charge in [-0.25, -0.2) is 4.79 Å². The number of carbonyl (C=O) groups excluding carboxylic acids is 8. The highest BCUT2D eigenvalue weighted by molar-refractivity contribution is 7.98. The molecule has 0 spiro atoms. The van der Waals surface area contributed by atoms with E-state index in [4.69, 9.17) is 26.4 Å². The molecular weight excluding hydrogens is 1010 g/mol. The van der Waals surface area contributed by atoms with Crippen molar-refractivity contribution in [1.29, 1.82) is 0 Å². The van der Waals surface area contributed by atoms with Gasteiger partial charge in [-0.15, -0.1) is 0 Å². The van der Waals surface area contributed by atoms with Crippen LogP contribution < -0.4 is 21.3 Å². The zero-order chi connectivity index (χ0) is 53.9. The highest BCUT2D eigenvalue weighted by atomic mass is 32.2. The van der Waals surface area contributed by atoms with Crippen molar-refractivity contribution in [3.63, 3.8) is 0 Å². The second kappa shape index (κ2) is 29.0. The van der Waals surface area contributed by atoms with Gasteiger partial charge in [-0.2, -0.15) is 11.8 Å². The van der Waals surface area contributed by atoms with E-state index >= 15 is 0 Å². The van der Waals surface area contributed by atoms with Crippen molar-refractivity contribution < 1.29 is 72.4 Å². The summed E-state index contributed by atoms with van der Waals surface area (Å²) in [4.78, 5) is 135. The van der Waals surface area contributed by atoms with Gasteiger partial charge in [-0.3, -0.25) is 67.7 Å². The molecule has 4 aliphatic rings. The average molecular weight is 1080 g/mol. The number of thiocarbonyl (C=S) groups is 1. The molecule has 0 aliphatic carbocycles. The monoisotopic (exact) mass is 1070 g/mol. The maximum absolute atomic E-state index is 13.4. The van der Waals surface area contributed by atoms with E-state index < -0.39 is 90.5 Å². The molecule has 3 fully saturated rings. The van der Waals surface area contributed by atoms with E-state index in [0.29, 0.717) is 62.0 Å². The molecule has 5 atom stereocenters. The molecule has 5 amide bonds. The zero-order valence-corrected chi connectivity index (χ0v) is 43.3. The number of carbonyl (C=O) groups is 10. The highest BCUT2D eigenvalue weighted by Crippen LogP contribution is 2.21. The van der Waals surface area contributed by atoms with Gasteiger partial charge in [0, 0.05) is 76.2 Å². The number of rotatable bonds is 21. The summed E-state index contributed by atoms with van der Waals surface area (Å²) in [5.74, 6) is -7.29. The summed E-state index contributed by atoms with van der Waals surface area (Å²) in [6.07, 6.45) is 5.47. The second-order valence-electron chi connectivity index (χ2n) is 18.2. The SMILES string of the molecule is CCN1CC(=O)OC2OC(=O)CN(C)CCN(CCN(CC(=O)O)CC1Cc1ccc(NC(=S)N3CC(C(=O)N[C@@H](CCSC)C(=O)NCC(=O)N[C@@H](CCCCN4C(=O)C=CC4=O)C(=O)O)C3)cc1)CC(=O)O2. The van der Waals surface area contributed by atoms with Gasteiger partial charge < -0.3 is 50.6 Å². The number of ether oxygens (including phenoxy) is 3. The lowest BCUT2D eigenvalue weighted by atomic mass is 9.99. The summed E-state index contributed by atoms with van der Waals surface area (Å²) in [6, 6.07) is 4.74. The van der Waals surface area contributed by atoms with E-state index in [1.54, 1.807) is 26.6 Å². The number of benzene rings is 1. The fourth-order valence-electron chi connectivity index (χ4n) is 8.42. The lowest BCUT2D eigenvalue weighted by Gasteiger charge is -2.40. The number of unbranched alkanes of at least 4 members (excludes halogenated alkanes) is 1. The molecule has 1 aromatic rings. The zero-order valence-electron chi connectivity index (χ0n) is 41.7. The van der Waals surface area contributed by atoms with E-state index in [0.717, 1.165) is 22.6 Å². The lowest BCUT2D eigenvalue weighted by Crippen LogP contribution is -2.59. The van der Waals surface area contributed by atoms with E-state index in [1.807, 2.05) is 42.3 Å². The fourth-order valence-corrected chi connectivity index (χ4v) is 9.16. The molecule has 406 valence electrons. The molecule has 2 bridgehead atoms. The van der Waals surface area contributed by atoms with Crippen molar-refractivity contribution in [1.82, 2.24) is 45.3 Å². The summed E-state index contributed by atoms with van der Waals surface area (Å²) in [5, 5.41) is 30.7. The van der Waals surface area contributed by atoms with Crippen LogP contribution in [0.4, 0.5) is 5.69 Å². The lowest BCUT2D eigenvalue weighted by molar-refractivity contribution is -0.258. The minimum absolute atomic E-state index is 0.0276. The van der Waals surface area contributed by atoms with E-state index in [1.165, 1.54) is 11.8 Å². The van der Waals surface area contributed by atoms with Gasteiger partial charge in [0.15, 0.2) is 5.11 Å². The Balaban J connectivity index is 1.12. The number of anilines is 1. The first-order chi connectivity index (χ1) is 35.3. The van der Waals surface area contributed by atoms with Gasteiger partial charge in [0.05, 0.1) is 38.6 Å². The molecule has 25 nitrogen and oxygen atoms in total. The van der Waals surface area contributed by atoms with Crippen LogP contribution in [0.15, 0.2) is 36.4 Å². The van der Waals surface area contributed by atoms with Crippen molar-refractivity contribution in [2.75, 3.05) is 116 Å². The van der Waals surface area contributed by atoms with Crippen LogP contribution in [0.2, 0.25) is 0 Å². The Morgan fingerprint density at radius 2 is 1.46 bits per heavy atom. The predicted octanol–water partition coefficient (Wildman–Crippen LogP) is -1.87. The van der Waals surface area contributed by atoms with Gasteiger partial charge in [-0.1, -0.05) is 19.1 Å². The molecular formula is C47H66N10O15S2. The Kier molecular flexibility index (Phi) is 23.0. The first kappa shape index (κ1) is 58.6. The molecule has 27 heteroatoms. The predicted molar refractivity (Wildman–Crippen MR) is 270 cm³/mol.